The van der Waals surface area contributed by atoms with Crippen LogP contribution in [-0.4, -0.2) is 30.2 Å². The summed E-state index contributed by atoms with van der Waals surface area (Å²) >= 11 is 0. The Hall–Kier alpha value is -2.59. The molecule has 1 aromatic heterocycles. The number of rotatable bonds is 5. The van der Waals surface area contributed by atoms with E-state index in [4.69, 9.17) is 4.74 Å². The molecule has 3 aromatic rings. The van der Waals surface area contributed by atoms with E-state index in [2.05, 4.69) is 46.4 Å². The minimum atomic E-state index is -0.474. The molecule has 1 saturated heterocycles. The maximum Gasteiger partial charge on any atom is 0.230 e. The van der Waals surface area contributed by atoms with Crippen molar-refractivity contribution in [3.63, 3.8) is 0 Å². The lowest BCUT2D eigenvalue weighted by molar-refractivity contribution is -0.130. The van der Waals surface area contributed by atoms with Gasteiger partial charge in [0.05, 0.1) is 5.41 Å². The van der Waals surface area contributed by atoms with E-state index in [1.807, 2.05) is 30.3 Å². The third-order valence-corrected chi connectivity index (χ3v) is 5.43. The van der Waals surface area contributed by atoms with E-state index in [9.17, 15) is 4.79 Å². The van der Waals surface area contributed by atoms with E-state index in [1.165, 1.54) is 10.9 Å². The Kier molecular flexibility index (Phi) is 4.76. The maximum atomic E-state index is 13.1. The molecule has 1 N–H and O–H groups in total. The molecule has 0 radical (unpaired) electrons. The van der Waals surface area contributed by atoms with Gasteiger partial charge in [0.1, 0.15) is 0 Å². The first kappa shape index (κ1) is 16.9. The van der Waals surface area contributed by atoms with Crippen molar-refractivity contribution in [1.82, 2.24) is 9.88 Å². The monoisotopic (exact) mass is 348 g/mol. The number of nitrogens with zero attached hydrogens (tertiary/aromatic N) is 1. The van der Waals surface area contributed by atoms with Gasteiger partial charge in [0.25, 0.3) is 0 Å². The van der Waals surface area contributed by atoms with Crippen molar-refractivity contribution in [1.29, 1.82) is 0 Å². The zero-order chi connectivity index (χ0) is 17.8. The summed E-state index contributed by atoms with van der Waals surface area (Å²) in [4.78, 5) is 13.1. The molecule has 0 spiro atoms. The Morgan fingerprint density at radius 1 is 1.00 bits per heavy atom. The number of benzene rings is 2. The molecule has 134 valence electrons. The molecule has 1 aliphatic rings. The van der Waals surface area contributed by atoms with Crippen molar-refractivity contribution in [2.75, 3.05) is 19.8 Å². The van der Waals surface area contributed by atoms with Gasteiger partial charge in [0.2, 0.25) is 5.91 Å². The van der Waals surface area contributed by atoms with Gasteiger partial charge in [-0.15, -0.1) is 0 Å². The second-order valence-corrected chi connectivity index (χ2v) is 6.88. The molecule has 1 aliphatic heterocycles. The Morgan fingerprint density at radius 3 is 2.54 bits per heavy atom. The lowest BCUT2D eigenvalue weighted by atomic mass is 9.73. The second-order valence-electron chi connectivity index (χ2n) is 6.88. The van der Waals surface area contributed by atoms with Crippen LogP contribution in [0.2, 0.25) is 0 Å². The second kappa shape index (κ2) is 7.34. The van der Waals surface area contributed by atoms with Gasteiger partial charge in [-0.25, -0.2) is 0 Å². The SMILES string of the molecule is O=C(NCCn1ccc2ccccc21)C1(c2ccccc2)CCOCC1. The Bertz CT molecular complexity index is 879. The fourth-order valence-electron chi connectivity index (χ4n) is 3.92. The molecule has 0 atom stereocenters. The molecule has 0 saturated carbocycles. The summed E-state index contributed by atoms with van der Waals surface area (Å²) in [5.41, 5.74) is 1.82. The molecule has 0 unspecified atom stereocenters. The van der Waals surface area contributed by atoms with Gasteiger partial charge in [-0.1, -0.05) is 48.5 Å². The molecule has 4 nitrogen and oxygen atoms in total. The van der Waals surface area contributed by atoms with E-state index >= 15 is 0 Å². The average molecular weight is 348 g/mol. The van der Waals surface area contributed by atoms with Crippen LogP contribution in [-0.2, 0) is 21.5 Å². The first-order chi connectivity index (χ1) is 12.8. The predicted molar refractivity (Wildman–Crippen MR) is 103 cm³/mol. The van der Waals surface area contributed by atoms with Gasteiger partial charge in [-0.3, -0.25) is 4.79 Å². The van der Waals surface area contributed by atoms with Crippen molar-refractivity contribution in [3.8, 4) is 0 Å². The highest BCUT2D eigenvalue weighted by Gasteiger charge is 2.41. The Labute approximate surface area is 153 Å². The van der Waals surface area contributed by atoms with Crippen LogP contribution in [0.15, 0.2) is 66.9 Å². The summed E-state index contributed by atoms with van der Waals surface area (Å²) in [5.74, 6) is 0.114. The molecule has 4 rings (SSSR count). The molecule has 2 heterocycles. The van der Waals surface area contributed by atoms with Crippen LogP contribution >= 0.6 is 0 Å². The topological polar surface area (TPSA) is 43.3 Å². The summed E-state index contributed by atoms with van der Waals surface area (Å²) in [6, 6.07) is 20.5. The van der Waals surface area contributed by atoms with Crippen LogP contribution in [0.1, 0.15) is 18.4 Å². The van der Waals surface area contributed by atoms with Crippen molar-refractivity contribution in [3.05, 3.63) is 72.4 Å². The largest absolute Gasteiger partial charge is 0.381 e. The van der Waals surface area contributed by atoms with Gasteiger partial charge in [-0.05, 0) is 35.9 Å². The fourth-order valence-corrected chi connectivity index (χ4v) is 3.92. The summed E-state index contributed by atoms with van der Waals surface area (Å²) in [5, 5.41) is 4.41. The number of hydrogen-bond donors (Lipinski definition) is 1. The average Bonchev–Trinajstić information content (AvgIpc) is 3.12. The first-order valence-electron chi connectivity index (χ1n) is 9.25. The quantitative estimate of drug-likeness (QED) is 0.767. The summed E-state index contributed by atoms with van der Waals surface area (Å²) in [6.07, 6.45) is 3.54. The molecule has 4 heteroatoms. The van der Waals surface area contributed by atoms with Crippen molar-refractivity contribution in [2.24, 2.45) is 0 Å². The molecule has 0 aliphatic carbocycles. The van der Waals surface area contributed by atoms with Crippen LogP contribution in [0.25, 0.3) is 10.9 Å². The number of ether oxygens (including phenoxy) is 1. The van der Waals surface area contributed by atoms with Gasteiger partial charge in [-0.2, -0.15) is 0 Å². The maximum absolute atomic E-state index is 13.1. The van der Waals surface area contributed by atoms with Gasteiger partial charge < -0.3 is 14.6 Å². The molecule has 1 amide bonds. The minimum absolute atomic E-state index is 0.114. The lowest BCUT2D eigenvalue weighted by Crippen LogP contribution is -2.48. The molecule has 0 bridgehead atoms. The van der Waals surface area contributed by atoms with Crippen LogP contribution in [0.4, 0.5) is 0 Å². The zero-order valence-corrected chi connectivity index (χ0v) is 14.9. The Balaban J connectivity index is 1.47. The van der Waals surface area contributed by atoms with Crippen molar-refractivity contribution >= 4 is 16.8 Å². The summed E-state index contributed by atoms with van der Waals surface area (Å²) in [6.45, 7) is 2.64. The van der Waals surface area contributed by atoms with E-state index in [-0.39, 0.29) is 5.91 Å². The predicted octanol–water partition coefficient (Wildman–Crippen LogP) is 3.51. The fraction of sp³-hybridized carbons (Fsp3) is 0.318. The standard InChI is InChI=1S/C22H24N2O2/c25-21(22(11-16-26-17-12-22)19-7-2-1-3-8-19)23-13-15-24-14-10-18-6-4-5-9-20(18)24/h1-10,14H,11-13,15-17H2,(H,23,25). The van der Waals surface area contributed by atoms with E-state index < -0.39 is 5.41 Å². The lowest BCUT2D eigenvalue weighted by Gasteiger charge is -2.36. The minimum Gasteiger partial charge on any atom is -0.381 e. The smallest absolute Gasteiger partial charge is 0.230 e. The normalized spacial score (nSPS) is 16.5. The molecular formula is C22H24N2O2. The van der Waals surface area contributed by atoms with Crippen LogP contribution in [0.5, 0.6) is 0 Å². The number of amides is 1. The molecule has 26 heavy (non-hydrogen) atoms. The van der Waals surface area contributed by atoms with Crippen LogP contribution in [0.3, 0.4) is 0 Å². The van der Waals surface area contributed by atoms with Gasteiger partial charge >= 0.3 is 0 Å². The highest BCUT2D eigenvalue weighted by molar-refractivity contribution is 5.88. The van der Waals surface area contributed by atoms with Crippen molar-refractivity contribution in [2.45, 2.75) is 24.8 Å². The van der Waals surface area contributed by atoms with Crippen molar-refractivity contribution < 1.29 is 9.53 Å². The zero-order valence-electron chi connectivity index (χ0n) is 14.9. The number of para-hydroxylation sites is 1. The summed E-state index contributed by atoms with van der Waals surface area (Å²) in [7, 11) is 0. The van der Waals surface area contributed by atoms with E-state index in [0.29, 0.717) is 19.8 Å². The van der Waals surface area contributed by atoms with Crippen LogP contribution in [0, 0.1) is 0 Å². The molecule has 2 aromatic carbocycles. The number of hydrogen-bond acceptors (Lipinski definition) is 2. The molecular weight excluding hydrogens is 324 g/mol. The highest BCUT2D eigenvalue weighted by Crippen LogP contribution is 2.35. The number of fused-ring (bicyclic) bond motifs is 1. The number of carbonyl (C=O) groups excluding carboxylic acids is 1. The third-order valence-electron chi connectivity index (χ3n) is 5.43. The number of aromatic nitrogens is 1. The Morgan fingerprint density at radius 2 is 1.73 bits per heavy atom. The van der Waals surface area contributed by atoms with Crippen LogP contribution < -0.4 is 5.32 Å². The van der Waals surface area contributed by atoms with Gasteiger partial charge in [0.15, 0.2) is 0 Å². The van der Waals surface area contributed by atoms with Gasteiger partial charge in [0, 0.05) is 38.0 Å². The third kappa shape index (κ3) is 3.13. The van der Waals surface area contributed by atoms with E-state index in [0.717, 1.165) is 24.9 Å². The highest BCUT2D eigenvalue weighted by atomic mass is 16.5. The molecule has 1 fully saturated rings. The number of nitrogens with one attached hydrogen (secondary N) is 1. The summed E-state index contributed by atoms with van der Waals surface area (Å²) < 4.78 is 7.71. The number of carbonyl (C=O) groups is 1. The van der Waals surface area contributed by atoms with E-state index in [1.54, 1.807) is 0 Å². The first-order valence-corrected chi connectivity index (χ1v) is 9.25.